The van der Waals surface area contributed by atoms with Crippen LogP contribution >= 0.6 is 20.3 Å². The van der Waals surface area contributed by atoms with Gasteiger partial charge in [-0.15, -0.1) is 0 Å². The molecule has 0 spiro atoms. The Balaban J connectivity index is 1.86. The van der Waals surface area contributed by atoms with Crippen LogP contribution in [0.4, 0.5) is 0 Å². The number of fused-ring (bicyclic) bond motifs is 1. The highest BCUT2D eigenvalue weighted by atomic mass is 35.5. The summed E-state index contributed by atoms with van der Waals surface area (Å²) in [6.07, 6.45) is 5.72. The van der Waals surface area contributed by atoms with Crippen molar-refractivity contribution in [2.75, 3.05) is 0 Å². The van der Waals surface area contributed by atoms with Gasteiger partial charge >= 0.3 is 0 Å². The highest BCUT2D eigenvalue weighted by molar-refractivity contribution is 7.37. The van der Waals surface area contributed by atoms with Crippen LogP contribution in [0.15, 0.2) is 30.1 Å². The Kier molecular flexibility index (Phi) is 2.72. The van der Waals surface area contributed by atoms with Crippen molar-refractivity contribution in [3.8, 4) is 0 Å². The molecule has 3 unspecified atom stereocenters. The highest BCUT2D eigenvalue weighted by Crippen LogP contribution is 2.42. The molecule has 1 aliphatic carbocycles. The van der Waals surface area contributed by atoms with Crippen LogP contribution in [-0.2, 0) is 0 Å². The molecule has 2 radical (unpaired) electrons. The van der Waals surface area contributed by atoms with Crippen LogP contribution in [-0.4, -0.2) is 28.0 Å². The quantitative estimate of drug-likeness (QED) is 0.368. The minimum atomic E-state index is 0.188. The van der Waals surface area contributed by atoms with Crippen molar-refractivity contribution in [3.63, 3.8) is 0 Å². The number of allylic oxidation sites excluding steroid dienone is 2. The molecule has 2 heterocycles. The topological polar surface area (TPSA) is 30.7 Å². The molecule has 3 rings (SSSR count). The van der Waals surface area contributed by atoms with Crippen molar-refractivity contribution in [1.29, 1.82) is 0 Å². The maximum absolute atomic E-state index is 6.01. The van der Waals surface area contributed by atoms with Crippen LogP contribution in [0.1, 0.15) is 6.92 Å². The fourth-order valence-electron chi connectivity index (χ4n) is 1.84. The molecule has 6 heteroatoms. The van der Waals surface area contributed by atoms with E-state index in [1.54, 1.807) is 6.20 Å². The molecule has 0 aromatic carbocycles. The van der Waals surface area contributed by atoms with E-state index in [0.29, 0.717) is 19.5 Å². The lowest BCUT2D eigenvalue weighted by molar-refractivity contribution is 0.994. The molecule has 2 aromatic rings. The van der Waals surface area contributed by atoms with E-state index >= 15 is 0 Å². The summed E-state index contributed by atoms with van der Waals surface area (Å²) in [6, 6.07) is 1.87. The molecule has 3 atom stereocenters. The Bertz CT molecular complexity index is 610. The molecule has 3 nitrogen and oxygen atoms in total. The first kappa shape index (κ1) is 11.2. The van der Waals surface area contributed by atoms with Crippen LogP contribution in [0, 0.1) is 0 Å². The molecule has 0 N–H and O–H groups in total. The maximum atomic E-state index is 6.01. The van der Waals surface area contributed by atoms with Gasteiger partial charge in [0, 0.05) is 26.8 Å². The zero-order chi connectivity index (χ0) is 12.0. The minimum Gasteiger partial charge on any atom is -0.254 e. The van der Waals surface area contributed by atoms with Crippen molar-refractivity contribution in [2.45, 2.75) is 18.4 Å². The van der Waals surface area contributed by atoms with Gasteiger partial charge in [0.2, 0.25) is 0 Å². The smallest absolute Gasteiger partial charge is 0.140 e. The van der Waals surface area contributed by atoms with Crippen molar-refractivity contribution >= 4 is 39.1 Å². The van der Waals surface area contributed by atoms with E-state index in [0.717, 1.165) is 10.9 Å². The summed E-state index contributed by atoms with van der Waals surface area (Å²) in [6.45, 7) is 2.17. The van der Waals surface area contributed by atoms with Gasteiger partial charge < -0.3 is 0 Å². The van der Waals surface area contributed by atoms with Crippen LogP contribution < -0.4 is 0 Å². The second kappa shape index (κ2) is 4.11. The lowest BCUT2D eigenvalue weighted by Gasteiger charge is -2.08. The largest absolute Gasteiger partial charge is 0.254 e. The average molecular weight is 261 g/mol. The van der Waals surface area contributed by atoms with Crippen molar-refractivity contribution in [2.24, 2.45) is 0 Å². The molecular weight excluding hydrogens is 251 g/mol. The number of rotatable bonds is 3. The number of hydrogen-bond donors (Lipinski definition) is 0. The van der Waals surface area contributed by atoms with Gasteiger partial charge in [-0.05, 0) is 11.9 Å². The summed E-state index contributed by atoms with van der Waals surface area (Å²) in [5, 5.41) is 5.90. The van der Waals surface area contributed by atoms with Crippen LogP contribution in [0.2, 0.25) is 11.0 Å². The summed E-state index contributed by atoms with van der Waals surface area (Å²) in [5.41, 5.74) is 2.66. The maximum Gasteiger partial charge on any atom is 0.140 e. The van der Waals surface area contributed by atoms with Crippen molar-refractivity contribution in [1.82, 2.24) is 14.5 Å². The van der Waals surface area contributed by atoms with Gasteiger partial charge in [0.05, 0.1) is 18.7 Å². The van der Waals surface area contributed by atoms with Gasteiger partial charge in [-0.25, -0.2) is 4.98 Å². The number of nitrogens with zero attached hydrogens (tertiary/aromatic N) is 3. The summed E-state index contributed by atoms with van der Waals surface area (Å²) in [5.74, 6) is 0.188. The summed E-state index contributed by atoms with van der Waals surface area (Å²) < 4.78 is 1.94. The van der Waals surface area contributed by atoms with Crippen LogP contribution in [0.3, 0.4) is 0 Å². The Morgan fingerprint density at radius 3 is 3.00 bits per heavy atom. The van der Waals surface area contributed by atoms with E-state index in [1.807, 2.05) is 16.7 Å². The molecule has 0 saturated carbocycles. The standard InChI is InChI=1S/C11H10BClN3P/c1-6(7-4-9(7)12)17-16-5-8-10(15-16)2-3-14-11(8)13/h2-6,9,17H,1H3. The van der Waals surface area contributed by atoms with Crippen molar-refractivity contribution in [3.05, 3.63) is 35.3 Å². The first-order chi connectivity index (χ1) is 8.15. The first-order valence-electron chi connectivity index (χ1n) is 5.39. The first-order valence-corrected chi connectivity index (χ1v) is 6.79. The lowest BCUT2D eigenvalue weighted by atomic mass is 9.97. The third-order valence-electron chi connectivity index (χ3n) is 2.86. The van der Waals surface area contributed by atoms with E-state index in [9.17, 15) is 0 Å². The van der Waals surface area contributed by atoms with E-state index in [1.165, 1.54) is 5.57 Å². The fraction of sp³-hybridized carbons (Fsp3) is 0.273. The fourth-order valence-corrected chi connectivity index (χ4v) is 3.25. The molecule has 17 heavy (non-hydrogen) atoms. The summed E-state index contributed by atoms with van der Waals surface area (Å²) in [4.78, 5) is 4.04. The van der Waals surface area contributed by atoms with E-state index in [4.69, 9.17) is 19.4 Å². The minimum absolute atomic E-state index is 0.188. The molecular formula is C11H10BClN3P. The number of aromatic nitrogens is 3. The molecule has 1 aliphatic rings. The number of halogens is 1. The van der Waals surface area contributed by atoms with Gasteiger partial charge in [-0.1, -0.05) is 30.2 Å². The van der Waals surface area contributed by atoms with Gasteiger partial charge in [0.25, 0.3) is 0 Å². The molecule has 0 bridgehead atoms. The third kappa shape index (κ3) is 2.12. The molecule has 0 aliphatic heterocycles. The Morgan fingerprint density at radius 1 is 1.59 bits per heavy atom. The van der Waals surface area contributed by atoms with Gasteiger partial charge in [-0.3, -0.25) is 4.45 Å². The second-order valence-electron chi connectivity index (χ2n) is 4.15. The zero-order valence-electron chi connectivity index (χ0n) is 9.26. The monoisotopic (exact) mass is 261 g/mol. The molecule has 0 fully saturated rings. The van der Waals surface area contributed by atoms with Gasteiger partial charge in [0.15, 0.2) is 0 Å². The normalized spacial score (nSPS) is 21.1. The molecule has 0 saturated heterocycles. The number of pyridine rings is 1. The Labute approximate surface area is 107 Å². The van der Waals surface area contributed by atoms with Gasteiger partial charge in [0.1, 0.15) is 5.15 Å². The number of hydrogen-bond acceptors (Lipinski definition) is 2. The van der Waals surface area contributed by atoms with Crippen molar-refractivity contribution < 1.29 is 0 Å². The molecule has 2 aromatic heterocycles. The van der Waals surface area contributed by atoms with Crippen LogP contribution in [0.25, 0.3) is 10.9 Å². The zero-order valence-corrected chi connectivity index (χ0v) is 11.0. The summed E-state index contributed by atoms with van der Waals surface area (Å²) in [7, 11) is 6.33. The van der Waals surface area contributed by atoms with E-state index in [2.05, 4.69) is 23.1 Å². The average Bonchev–Trinajstić information content (AvgIpc) is 2.87. The van der Waals surface area contributed by atoms with E-state index < -0.39 is 0 Å². The van der Waals surface area contributed by atoms with Gasteiger partial charge in [-0.2, -0.15) is 5.10 Å². The predicted octanol–water partition coefficient (Wildman–Crippen LogP) is 2.81. The Hall–Kier alpha value is -0.855. The Morgan fingerprint density at radius 2 is 2.35 bits per heavy atom. The van der Waals surface area contributed by atoms with Crippen LogP contribution in [0.5, 0.6) is 0 Å². The lowest BCUT2D eigenvalue weighted by Crippen LogP contribution is -1.97. The summed E-state index contributed by atoms with van der Waals surface area (Å²) >= 11 is 6.01. The third-order valence-corrected chi connectivity index (χ3v) is 4.37. The second-order valence-corrected chi connectivity index (χ2v) is 6.09. The highest BCUT2D eigenvalue weighted by Gasteiger charge is 2.24. The predicted molar refractivity (Wildman–Crippen MR) is 73.3 cm³/mol. The van der Waals surface area contributed by atoms with E-state index in [-0.39, 0.29) is 5.82 Å². The molecule has 84 valence electrons. The SMILES string of the molecule is [B]C1C=C1C(C)Pn1cc2c(Cl)nccc2n1. The molecule has 0 amide bonds.